The molecule has 0 radical (unpaired) electrons. The first-order valence-corrected chi connectivity index (χ1v) is 11.8. The molecule has 9 heteroatoms. The molecule has 0 saturated carbocycles. The van der Waals surface area contributed by atoms with Crippen molar-refractivity contribution >= 4 is 16.9 Å². The number of halogens is 2. The van der Waals surface area contributed by atoms with Gasteiger partial charge in [-0.15, -0.1) is 0 Å². The topological polar surface area (TPSA) is 84.2 Å². The quantitative estimate of drug-likeness (QED) is 0.556. The Bertz CT molecular complexity index is 1180. The number of furan rings is 1. The molecular formula is C26H28F2N2O5. The number of amides is 1. The number of nitrogens with zero attached hydrogens (tertiary/aromatic N) is 1. The molecule has 7 nitrogen and oxygen atoms in total. The number of piperidine rings is 1. The Balaban J connectivity index is 1.23. The molecule has 2 saturated heterocycles. The number of fused-ring (bicyclic) bond motifs is 1. The molecule has 5 rings (SSSR count). The fourth-order valence-electron chi connectivity index (χ4n) is 4.67. The van der Waals surface area contributed by atoms with Crippen LogP contribution in [0, 0.1) is 11.6 Å². The van der Waals surface area contributed by atoms with Crippen LogP contribution in [0.2, 0.25) is 0 Å². The summed E-state index contributed by atoms with van der Waals surface area (Å²) < 4.78 is 44.6. The minimum absolute atomic E-state index is 0.0473. The van der Waals surface area contributed by atoms with Crippen molar-refractivity contribution in [1.82, 2.24) is 10.2 Å². The maximum absolute atomic E-state index is 14.0. The zero-order chi connectivity index (χ0) is 24.4. The smallest absolute Gasteiger partial charge is 0.287 e. The Morgan fingerprint density at radius 1 is 1.11 bits per heavy atom. The average Bonchev–Trinajstić information content (AvgIpc) is 3.30. The third kappa shape index (κ3) is 5.23. The summed E-state index contributed by atoms with van der Waals surface area (Å²) >= 11 is 0. The van der Waals surface area contributed by atoms with E-state index < -0.39 is 17.2 Å². The van der Waals surface area contributed by atoms with Gasteiger partial charge in [0, 0.05) is 37.1 Å². The van der Waals surface area contributed by atoms with Crippen molar-refractivity contribution in [3.05, 3.63) is 71.0 Å². The molecule has 2 aromatic carbocycles. The highest BCUT2D eigenvalue weighted by Gasteiger charge is 2.34. The van der Waals surface area contributed by atoms with Gasteiger partial charge in [0.1, 0.15) is 17.2 Å². The molecule has 0 bridgehead atoms. The number of benzene rings is 2. The lowest BCUT2D eigenvalue weighted by Crippen LogP contribution is -2.42. The van der Waals surface area contributed by atoms with E-state index in [0.29, 0.717) is 63.3 Å². The van der Waals surface area contributed by atoms with Crippen LogP contribution in [0.3, 0.4) is 0 Å². The van der Waals surface area contributed by atoms with E-state index in [1.165, 1.54) is 18.2 Å². The van der Waals surface area contributed by atoms with E-state index in [2.05, 4.69) is 5.32 Å². The van der Waals surface area contributed by atoms with Gasteiger partial charge in [0.15, 0.2) is 5.76 Å². The van der Waals surface area contributed by atoms with Crippen LogP contribution in [0.25, 0.3) is 11.0 Å². The standard InChI is InChI=1S/C26H28F2N2O5/c27-21-2-1-3-22(28)20(21)15-30-8-6-26(32,7-9-30)18-4-5-23-17(12-18)13-24(35-23)25(31)29-14-19-16-33-10-11-34-19/h1-5,12-13,19,32H,6-11,14-16H2,(H,29,31)/t19-/m0/s1. The molecule has 0 spiro atoms. The summed E-state index contributed by atoms with van der Waals surface area (Å²) in [6.07, 6.45) is 0.658. The van der Waals surface area contributed by atoms with E-state index >= 15 is 0 Å². The molecule has 0 aliphatic carbocycles. The summed E-state index contributed by atoms with van der Waals surface area (Å²) in [6, 6.07) is 10.9. The van der Waals surface area contributed by atoms with E-state index in [1.54, 1.807) is 18.2 Å². The Kier molecular flexibility index (Phi) is 6.84. The highest BCUT2D eigenvalue weighted by Crippen LogP contribution is 2.35. The third-order valence-electron chi connectivity index (χ3n) is 6.78. The number of ether oxygens (including phenoxy) is 2. The van der Waals surface area contributed by atoms with Crippen LogP contribution in [0.4, 0.5) is 8.78 Å². The van der Waals surface area contributed by atoms with Gasteiger partial charge >= 0.3 is 0 Å². The molecule has 1 amide bonds. The van der Waals surface area contributed by atoms with Gasteiger partial charge in [-0.25, -0.2) is 8.78 Å². The number of rotatable bonds is 6. The van der Waals surface area contributed by atoms with Crippen LogP contribution < -0.4 is 5.32 Å². The van der Waals surface area contributed by atoms with E-state index in [0.717, 1.165) is 5.56 Å². The number of carbonyl (C=O) groups is 1. The Morgan fingerprint density at radius 3 is 2.60 bits per heavy atom. The fourth-order valence-corrected chi connectivity index (χ4v) is 4.67. The second-order valence-electron chi connectivity index (χ2n) is 9.15. The molecule has 1 atom stereocenters. The summed E-state index contributed by atoms with van der Waals surface area (Å²) in [5.74, 6) is -1.28. The molecule has 1 aromatic heterocycles. The molecule has 186 valence electrons. The van der Waals surface area contributed by atoms with Gasteiger partial charge in [-0.1, -0.05) is 12.1 Å². The third-order valence-corrected chi connectivity index (χ3v) is 6.78. The zero-order valence-electron chi connectivity index (χ0n) is 19.3. The van der Waals surface area contributed by atoms with Crippen LogP contribution >= 0.6 is 0 Å². The number of carbonyl (C=O) groups excluding carboxylic acids is 1. The Labute approximate surface area is 201 Å². The van der Waals surface area contributed by atoms with Crippen molar-refractivity contribution in [2.75, 3.05) is 39.5 Å². The number of hydrogen-bond donors (Lipinski definition) is 2. The number of nitrogens with one attached hydrogen (secondary N) is 1. The lowest BCUT2D eigenvalue weighted by molar-refractivity contribution is -0.0856. The minimum Gasteiger partial charge on any atom is -0.451 e. The molecular weight excluding hydrogens is 458 g/mol. The summed E-state index contributed by atoms with van der Waals surface area (Å²) in [5.41, 5.74) is 0.247. The summed E-state index contributed by atoms with van der Waals surface area (Å²) in [4.78, 5) is 14.5. The van der Waals surface area contributed by atoms with Crippen molar-refractivity contribution in [3.8, 4) is 0 Å². The molecule has 2 aliphatic heterocycles. The SMILES string of the molecule is O=C(NC[C@H]1COCCO1)c1cc2cc(C3(O)CCN(Cc4c(F)cccc4F)CC3)ccc2o1. The van der Waals surface area contributed by atoms with Crippen LogP contribution in [-0.2, 0) is 21.6 Å². The summed E-state index contributed by atoms with van der Waals surface area (Å²) in [5, 5.41) is 14.8. The van der Waals surface area contributed by atoms with Gasteiger partial charge in [-0.2, -0.15) is 0 Å². The van der Waals surface area contributed by atoms with Gasteiger partial charge in [-0.05, 0) is 48.7 Å². The number of hydrogen-bond acceptors (Lipinski definition) is 6. The first-order valence-electron chi connectivity index (χ1n) is 11.8. The first kappa shape index (κ1) is 23.9. The molecule has 2 N–H and O–H groups in total. The second kappa shape index (κ2) is 10.0. The molecule has 2 aliphatic rings. The van der Waals surface area contributed by atoms with Crippen LogP contribution in [0.5, 0.6) is 0 Å². The monoisotopic (exact) mass is 486 g/mol. The van der Waals surface area contributed by atoms with E-state index in [9.17, 15) is 18.7 Å². The van der Waals surface area contributed by atoms with E-state index in [1.807, 2.05) is 11.0 Å². The van der Waals surface area contributed by atoms with Crippen molar-refractivity contribution < 1.29 is 32.6 Å². The Morgan fingerprint density at radius 2 is 1.89 bits per heavy atom. The lowest BCUT2D eigenvalue weighted by Gasteiger charge is -2.38. The van der Waals surface area contributed by atoms with Gasteiger partial charge in [0.05, 0.1) is 31.5 Å². The van der Waals surface area contributed by atoms with Crippen LogP contribution in [0.1, 0.15) is 34.5 Å². The summed E-state index contributed by atoms with van der Waals surface area (Å²) in [6.45, 7) is 2.98. The van der Waals surface area contributed by atoms with Crippen molar-refractivity contribution in [3.63, 3.8) is 0 Å². The fraction of sp³-hybridized carbons (Fsp3) is 0.423. The zero-order valence-corrected chi connectivity index (χ0v) is 19.3. The number of aliphatic hydroxyl groups is 1. The lowest BCUT2D eigenvalue weighted by atomic mass is 9.84. The maximum atomic E-state index is 14.0. The largest absolute Gasteiger partial charge is 0.451 e. The van der Waals surface area contributed by atoms with Crippen molar-refractivity contribution in [2.45, 2.75) is 31.1 Å². The minimum atomic E-state index is -1.07. The molecule has 2 fully saturated rings. The average molecular weight is 487 g/mol. The first-order chi connectivity index (χ1) is 16.9. The predicted molar refractivity (Wildman–Crippen MR) is 124 cm³/mol. The molecule has 35 heavy (non-hydrogen) atoms. The van der Waals surface area contributed by atoms with Crippen molar-refractivity contribution in [1.29, 1.82) is 0 Å². The summed E-state index contributed by atoms with van der Waals surface area (Å²) in [7, 11) is 0. The maximum Gasteiger partial charge on any atom is 0.287 e. The second-order valence-corrected chi connectivity index (χ2v) is 9.15. The van der Waals surface area contributed by atoms with Gasteiger partial charge in [0.2, 0.25) is 0 Å². The van der Waals surface area contributed by atoms with Crippen LogP contribution in [-0.4, -0.2) is 61.5 Å². The predicted octanol–water partition coefficient (Wildman–Crippen LogP) is 3.34. The van der Waals surface area contributed by atoms with E-state index in [4.69, 9.17) is 13.9 Å². The Hall–Kier alpha value is -2.85. The highest BCUT2D eigenvalue weighted by atomic mass is 19.1. The van der Waals surface area contributed by atoms with Crippen LogP contribution in [0.15, 0.2) is 46.9 Å². The van der Waals surface area contributed by atoms with E-state index in [-0.39, 0.29) is 29.9 Å². The van der Waals surface area contributed by atoms with Crippen molar-refractivity contribution in [2.24, 2.45) is 0 Å². The number of likely N-dealkylation sites (tertiary alicyclic amines) is 1. The highest BCUT2D eigenvalue weighted by molar-refractivity contribution is 5.96. The normalized spacial score (nSPS) is 20.7. The molecule has 0 unspecified atom stereocenters. The molecule has 3 heterocycles. The van der Waals surface area contributed by atoms with Gasteiger partial charge in [-0.3, -0.25) is 9.69 Å². The molecule has 3 aromatic rings. The van der Waals surface area contributed by atoms with Gasteiger partial charge < -0.3 is 24.3 Å². The van der Waals surface area contributed by atoms with Gasteiger partial charge in [0.25, 0.3) is 5.91 Å².